The summed E-state index contributed by atoms with van der Waals surface area (Å²) in [5.74, 6) is -0.448. The van der Waals surface area contributed by atoms with Crippen molar-refractivity contribution in [2.75, 3.05) is 0 Å². The van der Waals surface area contributed by atoms with Gasteiger partial charge in [0.15, 0.2) is 0 Å². The van der Waals surface area contributed by atoms with Crippen LogP contribution in [0.5, 0.6) is 0 Å². The van der Waals surface area contributed by atoms with Crippen LogP contribution in [0, 0.1) is 5.92 Å². The molecule has 3 atom stereocenters. The molecule has 0 heterocycles. The molecule has 0 bridgehead atoms. The number of ketones is 1. The molecular formula is C16H18O2. The van der Waals surface area contributed by atoms with Crippen LogP contribution in [0.4, 0.5) is 0 Å². The van der Waals surface area contributed by atoms with Crippen molar-refractivity contribution in [1.82, 2.24) is 0 Å². The van der Waals surface area contributed by atoms with E-state index in [2.05, 4.69) is 0 Å². The zero-order valence-electron chi connectivity index (χ0n) is 10.7. The maximum atomic E-state index is 12.0. The van der Waals surface area contributed by atoms with E-state index in [-0.39, 0.29) is 17.6 Å². The van der Waals surface area contributed by atoms with Gasteiger partial charge in [-0.3, -0.25) is 4.79 Å². The minimum absolute atomic E-state index is 0.0754. The fourth-order valence-electron chi connectivity index (χ4n) is 2.54. The number of carbonyl (C=O) groups is 1. The van der Waals surface area contributed by atoms with Gasteiger partial charge in [0.25, 0.3) is 0 Å². The van der Waals surface area contributed by atoms with Gasteiger partial charge in [0, 0.05) is 5.92 Å². The van der Waals surface area contributed by atoms with Crippen molar-refractivity contribution in [2.24, 2.45) is 5.92 Å². The summed E-state index contributed by atoms with van der Waals surface area (Å²) >= 11 is 0. The van der Waals surface area contributed by atoms with Crippen molar-refractivity contribution in [3.05, 3.63) is 60.2 Å². The Morgan fingerprint density at radius 2 is 1.94 bits per heavy atom. The molecule has 1 aliphatic carbocycles. The Labute approximate surface area is 108 Å². The van der Waals surface area contributed by atoms with Crippen LogP contribution in [-0.4, -0.2) is 16.5 Å². The molecule has 0 fully saturated rings. The summed E-state index contributed by atoms with van der Waals surface area (Å²) < 4.78 is 0. The van der Waals surface area contributed by atoms with E-state index in [0.29, 0.717) is 0 Å². The Hall–Kier alpha value is -1.67. The predicted molar refractivity (Wildman–Crippen MR) is 72.3 cm³/mol. The van der Waals surface area contributed by atoms with Crippen LogP contribution >= 0.6 is 0 Å². The quantitative estimate of drug-likeness (QED) is 0.885. The molecule has 2 heteroatoms. The second-order valence-electron chi connectivity index (χ2n) is 4.99. The molecule has 0 aliphatic heterocycles. The van der Waals surface area contributed by atoms with E-state index in [4.69, 9.17) is 0 Å². The molecule has 1 aromatic carbocycles. The van der Waals surface area contributed by atoms with Crippen LogP contribution in [0.15, 0.2) is 54.6 Å². The standard InChI is InChI=1S/C16H18O2/c1-12(17)15(13-8-4-3-5-9-13)14-10-6-7-11-16(14,2)18/h3-11,14-15,18H,1-2H3. The summed E-state index contributed by atoms with van der Waals surface area (Å²) in [5, 5.41) is 10.4. The molecule has 0 amide bonds. The molecule has 0 saturated heterocycles. The molecule has 0 radical (unpaired) electrons. The van der Waals surface area contributed by atoms with Gasteiger partial charge in [0.2, 0.25) is 0 Å². The number of carbonyl (C=O) groups excluding carboxylic acids is 1. The zero-order chi connectivity index (χ0) is 13.2. The molecular weight excluding hydrogens is 224 g/mol. The molecule has 0 spiro atoms. The lowest BCUT2D eigenvalue weighted by Crippen LogP contribution is -2.38. The number of hydrogen-bond acceptors (Lipinski definition) is 2. The first-order chi connectivity index (χ1) is 8.52. The van der Waals surface area contributed by atoms with Crippen molar-refractivity contribution >= 4 is 5.78 Å². The first-order valence-electron chi connectivity index (χ1n) is 6.16. The third-order valence-corrected chi connectivity index (χ3v) is 3.49. The Bertz CT molecular complexity index is 483. The van der Waals surface area contributed by atoms with Crippen LogP contribution in [0.25, 0.3) is 0 Å². The van der Waals surface area contributed by atoms with Gasteiger partial charge in [-0.05, 0) is 19.4 Å². The minimum atomic E-state index is -0.985. The first-order valence-corrected chi connectivity index (χ1v) is 6.16. The molecule has 94 valence electrons. The predicted octanol–water partition coefficient (Wildman–Crippen LogP) is 2.85. The van der Waals surface area contributed by atoms with Crippen LogP contribution in [0.2, 0.25) is 0 Å². The summed E-state index contributed by atoms with van der Waals surface area (Å²) in [6.07, 6.45) is 7.37. The average Bonchev–Trinajstić information content (AvgIpc) is 2.32. The maximum absolute atomic E-state index is 12.0. The van der Waals surface area contributed by atoms with Gasteiger partial charge in [0.05, 0.1) is 11.5 Å². The third kappa shape index (κ3) is 2.44. The first kappa shape index (κ1) is 12.8. The van der Waals surface area contributed by atoms with E-state index >= 15 is 0 Å². The number of hydrogen-bond donors (Lipinski definition) is 1. The van der Waals surface area contributed by atoms with E-state index < -0.39 is 5.60 Å². The molecule has 1 aliphatic rings. The van der Waals surface area contributed by atoms with Gasteiger partial charge in [-0.25, -0.2) is 0 Å². The van der Waals surface area contributed by atoms with Crippen LogP contribution < -0.4 is 0 Å². The van der Waals surface area contributed by atoms with Crippen LogP contribution in [-0.2, 0) is 4.79 Å². The lowest BCUT2D eigenvalue weighted by atomic mass is 9.72. The molecule has 1 aromatic rings. The summed E-state index contributed by atoms with van der Waals surface area (Å²) in [6.45, 7) is 3.33. The van der Waals surface area contributed by atoms with Gasteiger partial charge in [-0.2, -0.15) is 0 Å². The lowest BCUT2D eigenvalue weighted by molar-refractivity contribution is -0.120. The number of allylic oxidation sites excluding steroid dienone is 2. The number of Topliss-reactive ketones (excluding diaryl/α,β-unsaturated/α-hetero) is 1. The van der Waals surface area contributed by atoms with E-state index in [1.165, 1.54) is 0 Å². The number of rotatable bonds is 3. The fourth-order valence-corrected chi connectivity index (χ4v) is 2.54. The molecule has 2 nitrogen and oxygen atoms in total. The summed E-state index contributed by atoms with van der Waals surface area (Å²) in [7, 11) is 0. The summed E-state index contributed by atoms with van der Waals surface area (Å²) in [4.78, 5) is 12.0. The monoisotopic (exact) mass is 242 g/mol. The van der Waals surface area contributed by atoms with Crippen LogP contribution in [0.3, 0.4) is 0 Å². The minimum Gasteiger partial charge on any atom is -0.385 e. The maximum Gasteiger partial charge on any atom is 0.137 e. The van der Waals surface area contributed by atoms with Crippen molar-refractivity contribution in [3.8, 4) is 0 Å². The molecule has 3 unspecified atom stereocenters. The second-order valence-corrected chi connectivity index (χ2v) is 4.99. The number of benzene rings is 1. The summed E-state index contributed by atoms with van der Waals surface area (Å²) in [5.41, 5.74) is -0.0313. The van der Waals surface area contributed by atoms with Gasteiger partial charge in [-0.15, -0.1) is 0 Å². The Morgan fingerprint density at radius 3 is 2.50 bits per heavy atom. The van der Waals surface area contributed by atoms with Crippen molar-refractivity contribution < 1.29 is 9.90 Å². The lowest BCUT2D eigenvalue weighted by Gasteiger charge is -2.35. The van der Waals surface area contributed by atoms with Crippen molar-refractivity contribution in [3.63, 3.8) is 0 Å². The van der Waals surface area contributed by atoms with Gasteiger partial charge in [-0.1, -0.05) is 54.6 Å². The van der Waals surface area contributed by atoms with E-state index in [0.717, 1.165) is 5.56 Å². The highest BCUT2D eigenvalue weighted by atomic mass is 16.3. The van der Waals surface area contributed by atoms with E-state index in [1.54, 1.807) is 19.9 Å². The SMILES string of the molecule is CC(=O)C(c1ccccc1)C1C=CC=CC1(C)O. The number of aliphatic hydroxyl groups is 1. The van der Waals surface area contributed by atoms with E-state index in [1.807, 2.05) is 48.6 Å². The normalized spacial score (nSPS) is 28.1. The largest absolute Gasteiger partial charge is 0.385 e. The average molecular weight is 242 g/mol. The molecule has 0 aromatic heterocycles. The van der Waals surface area contributed by atoms with Gasteiger partial charge >= 0.3 is 0 Å². The summed E-state index contributed by atoms with van der Waals surface area (Å²) in [6, 6.07) is 9.64. The Morgan fingerprint density at radius 1 is 1.28 bits per heavy atom. The molecule has 18 heavy (non-hydrogen) atoms. The molecule has 2 rings (SSSR count). The molecule has 1 N–H and O–H groups in total. The topological polar surface area (TPSA) is 37.3 Å². The smallest absolute Gasteiger partial charge is 0.137 e. The second kappa shape index (κ2) is 4.91. The fraction of sp³-hybridized carbons (Fsp3) is 0.312. The zero-order valence-corrected chi connectivity index (χ0v) is 10.7. The highest BCUT2D eigenvalue weighted by molar-refractivity contribution is 5.84. The van der Waals surface area contributed by atoms with Gasteiger partial charge < -0.3 is 5.11 Å². The van der Waals surface area contributed by atoms with Crippen LogP contribution in [0.1, 0.15) is 25.3 Å². The third-order valence-electron chi connectivity index (χ3n) is 3.49. The highest BCUT2D eigenvalue weighted by Gasteiger charge is 2.38. The van der Waals surface area contributed by atoms with Gasteiger partial charge in [0.1, 0.15) is 5.78 Å². The van der Waals surface area contributed by atoms with E-state index in [9.17, 15) is 9.90 Å². The van der Waals surface area contributed by atoms with Crippen molar-refractivity contribution in [2.45, 2.75) is 25.4 Å². The Kier molecular flexibility index (Phi) is 3.48. The molecule has 0 saturated carbocycles. The highest BCUT2D eigenvalue weighted by Crippen LogP contribution is 2.37. The van der Waals surface area contributed by atoms with Crippen molar-refractivity contribution in [1.29, 1.82) is 0 Å². The Balaban J connectivity index is 2.41.